The Kier molecular flexibility index (Phi) is 3.15. The van der Waals surface area contributed by atoms with Crippen LogP contribution in [0.15, 0.2) is 36.0 Å². The molecule has 0 saturated heterocycles. The third-order valence-corrected chi connectivity index (χ3v) is 3.74. The molecule has 0 atom stereocenters. The zero-order chi connectivity index (χ0) is 14.1. The van der Waals surface area contributed by atoms with Crippen LogP contribution in [0, 0.1) is 6.92 Å². The third-order valence-electron chi connectivity index (χ3n) is 2.96. The number of aromatic nitrogens is 2. The number of benzene rings is 1. The summed E-state index contributed by atoms with van der Waals surface area (Å²) < 4.78 is 7.19. The van der Waals surface area contributed by atoms with E-state index in [9.17, 15) is 4.79 Å². The van der Waals surface area contributed by atoms with Gasteiger partial charge in [0.15, 0.2) is 4.96 Å². The van der Waals surface area contributed by atoms with Gasteiger partial charge >= 0.3 is 5.97 Å². The van der Waals surface area contributed by atoms with E-state index >= 15 is 0 Å². The number of ether oxygens (including phenoxy) is 1. The van der Waals surface area contributed by atoms with Gasteiger partial charge in [-0.3, -0.25) is 4.40 Å². The number of nitrogen functional groups attached to an aromatic ring is 1. The number of nitrogens with two attached hydrogens (primary N) is 1. The molecule has 0 aliphatic rings. The van der Waals surface area contributed by atoms with Crippen LogP contribution in [0.3, 0.4) is 0 Å². The lowest BCUT2D eigenvalue weighted by atomic mass is 10.1. The number of rotatable bonds is 3. The van der Waals surface area contributed by atoms with Crippen molar-refractivity contribution in [3.8, 4) is 0 Å². The first-order valence-electron chi connectivity index (χ1n) is 6.08. The fourth-order valence-electron chi connectivity index (χ4n) is 1.98. The molecule has 0 bridgehead atoms. The molecular formula is C14H13N3O2S. The summed E-state index contributed by atoms with van der Waals surface area (Å²) in [5.41, 5.74) is 8.36. The van der Waals surface area contributed by atoms with Crippen molar-refractivity contribution < 1.29 is 9.53 Å². The highest BCUT2D eigenvalue weighted by molar-refractivity contribution is 7.15. The van der Waals surface area contributed by atoms with Crippen molar-refractivity contribution in [2.75, 3.05) is 5.73 Å². The van der Waals surface area contributed by atoms with Gasteiger partial charge in [-0.25, -0.2) is 9.78 Å². The van der Waals surface area contributed by atoms with Crippen LogP contribution in [0.5, 0.6) is 0 Å². The van der Waals surface area contributed by atoms with E-state index < -0.39 is 0 Å². The topological polar surface area (TPSA) is 69.6 Å². The van der Waals surface area contributed by atoms with Crippen LogP contribution in [0.2, 0.25) is 0 Å². The summed E-state index contributed by atoms with van der Waals surface area (Å²) in [6.07, 6.45) is 3.78. The second kappa shape index (κ2) is 4.97. The molecule has 0 radical (unpaired) electrons. The number of thiazole rings is 1. The van der Waals surface area contributed by atoms with Crippen LogP contribution in [0.25, 0.3) is 4.96 Å². The summed E-state index contributed by atoms with van der Waals surface area (Å²) in [5.74, 6) is -0.362. The Morgan fingerprint density at radius 1 is 1.50 bits per heavy atom. The molecule has 1 aromatic carbocycles. The van der Waals surface area contributed by atoms with E-state index in [1.165, 1.54) is 0 Å². The minimum atomic E-state index is -0.362. The average molecular weight is 287 g/mol. The van der Waals surface area contributed by atoms with Crippen LogP contribution in [-0.2, 0) is 11.3 Å². The average Bonchev–Trinajstić information content (AvgIpc) is 2.96. The number of esters is 1. The molecule has 0 aliphatic heterocycles. The number of anilines is 1. The van der Waals surface area contributed by atoms with Crippen LogP contribution in [0.4, 0.5) is 5.69 Å². The maximum Gasteiger partial charge on any atom is 0.338 e. The van der Waals surface area contributed by atoms with Gasteiger partial charge in [0.25, 0.3) is 0 Å². The van der Waals surface area contributed by atoms with E-state index in [1.807, 2.05) is 29.1 Å². The fourth-order valence-corrected chi connectivity index (χ4v) is 2.70. The Morgan fingerprint density at radius 3 is 3.10 bits per heavy atom. The van der Waals surface area contributed by atoms with Gasteiger partial charge in [0.1, 0.15) is 6.61 Å². The fraction of sp³-hybridized carbons (Fsp3) is 0.143. The van der Waals surface area contributed by atoms with Crippen LogP contribution < -0.4 is 5.73 Å². The van der Waals surface area contributed by atoms with Gasteiger partial charge in [-0.1, -0.05) is 0 Å². The normalized spacial score (nSPS) is 10.8. The molecule has 0 amide bonds. The summed E-state index contributed by atoms with van der Waals surface area (Å²) >= 11 is 1.54. The number of fused-ring (bicyclic) bond motifs is 1. The largest absolute Gasteiger partial charge is 0.456 e. The molecule has 3 rings (SSSR count). The zero-order valence-corrected chi connectivity index (χ0v) is 11.7. The Balaban J connectivity index is 1.71. The van der Waals surface area contributed by atoms with Gasteiger partial charge in [-0.05, 0) is 30.7 Å². The van der Waals surface area contributed by atoms with Gasteiger partial charge < -0.3 is 10.5 Å². The Hall–Kier alpha value is -2.34. The second-order valence-electron chi connectivity index (χ2n) is 4.48. The molecule has 0 spiro atoms. The number of carbonyl (C=O) groups excluding carboxylic acids is 1. The van der Waals surface area contributed by atoms with Crippen molar-refractivity contribution in [3.63, 3.8) is 0 Å². The minimum Gasteiger partial charge on any atom is -0.456 e. The first kappa shape index (κ1) is 12.7. The van der Waals surface area contributed by atoms with Crippen molar-refractivity contribution in [3.05, 3.63) is 52.8 Å². The Bertz CT molecular complexity index is 747. The molecule has 0 unspecified atom stereocenters. The van der Waals surface area contributed by atoms with Crippen molar-refractivity contribution in [1.82, 2.24) is 9.38 Å². The van der Waals surface area contributed by atoms with E-state index in [2.05, 4.69) is 4.98 Å². The molecule has 6 heteroatoms. The molecule has 0 fully saturated rings. The summed E-state index contributed by atoms with van der Waals surface area (Å²) in [5, 5.41) is 1.95. The third kappa shape index (κ3) is 2.37. The highest BCUT2D eigenvalue weighted by atomic mass is 32.1. The maximum absolute atomic E-state index is 12.0. The SMILES string of the molecule is Cc1cc(N)ccc1C(=O)OCc1cn2ccsc2n1. The maximum atomic E-state index is 12.0. The number of imidazole rings is 1. The Labute approximate surface area is 119 Å². The first-order chi connectivity index (χ1) is 9.63. The van der Waals surface area contributed by atoms with Gasteiger partial charge in [-0.15, -0.1) is 11.3 Å². The number of nitrogens with zero attached hydrogens (tertiary/aromatic N) is 2. The molecule has 2 heterocycles. The number of aryl methyl sites for hydroxylation is 1. The predicted octanol–water partition coefficient (Wildman–Crippen LogP) is 2.64. The van der Waals surface area contributed by atoms with Gasteiger partial charge in [0, 0.05) is 23.5 Å². The standard InChI is InChI=1S/C14H13N3O2S/c1-9-6-10(15)2-3-12(9)13(18)19-8-11-7-17-4-5-20-14(17)16-11/h2-7H,8,15H2,1H3. The first-order valence-corrected chi connectivity index (χ1v) is 6.96. The Morgan fingerprint density at radius 2 is 2.35 bits per heavy atom. The molecule has 102 valence electrons. The molecule has 0 aliphatic carbocycles. The van der Waals surface area contributed by atoms with Gasteiger partial charge in [0.05, 0.1) is 11.3 Å². The quantitative estimate of drug-likeness (QED) is 0.594. The molecule has 2 N–H and O–H groups in total. The smallest absolute Gasteiger partial charge is 0.338 e. The predicted molar refractivity (Wildman–Crippen MR) is 77.8 cm³/mol. The second-order valence-corrected chi connectivity index (χ2v) is 5.35. The summed E-state index contributed by atoms with van der Waals surface area (Å²) in [7, 11) is 0. The highest BCUT2D eigenvalue weighted by Gasteiger charge is 2.12. The molecule has 2 aromatic heterocycles. The monoisotopic (exact) mass is 287 g/mol. The van der Waals surface area contributed by atoms with E-state index in [-0.39, 0.29) is 12.6 Å². The molecular weight excluding hydrogens is 274 g/mol. The van der Waals surface area contributed by atoms with Crippen molar-refractivity contribution >= 4 is 28.0 Å². The molecule has 3 aromatic rings. The number of hydrogen-bond acceptors (Lipinski definition) is 5. The van der Waals surface area contributed by atoms with Crippen molar-refractivity contribution in [1.29, 1.82) is 0 Å². The van der Waals surface area contributed by atoms with Gasteiger partial charge in [0.2, 0.25) is 0 Å². The highest BCUT2D eigenvalue weighted by Crippen LogP contribution is 2.15. The van der Waals surface area contributed by atoms with Crippen molar-refractivity contribution in [2.45, 2.75) is 13.5 Å². The lowest BCUT2D eigenvalue weighted by Gasteiger charge is -2.06. The van der Waals surface area contributed by atoms with E-state index in [0.29, 0.717) is 11.3 Å². The van der Waals surface area contributed by atoms with Gasteiger partial charge in [-0.2, -0.15) is 0 Å². The molecule has 5 nitrogen and oxygen atoms in total. The minimum absolute atomic E-state index is 0.164. The zero-order valence-electron chi connectivity index (χ0n) is 10.9. The van der Waals surface area contributed by atoms with E-state index in [4.69, 9.17) is 10.5 Å². The van der Waals surface area contributed by atoms with Crippen LogP contribution in [-0.4, -0.2) is 15.4 Å². The van der Waals surface area contributed by atoms with Crippen LogP contribution >= 0.6 is 11.3 Å². The van der Waals surface area contributed by atoms with E-state index in [1.54, 1.807) is 29.5 Å². The molecule has 20 heavy (non-hydrogen) atoms. The summed E-state index contributed by atoms with van der Waals surface area (Å²) in [4.78, 5) is 17.3. The van der Waals surface area contributed by atoms with Crippen molar-refractivity contribution in [2.24, 2.45) is 0 Å². The van der Waals surface area contributed by atoms with E-state index in [0.717, 1.165) is 16.2 Å². The lowest BCUT2D eigenvalue weighted by molar-refractivity contribution is 0.0467. The van der Waals surface area contributed by atoms with Crippen LogP contribution in [0.1, 0.15) is 21.6 Å². The lowest BCUT2D eigenvalue weighted by Crippen LogP contribution is -2.07. The summed E-state index contributed by atoms with van der Waals surface area (Å²) in [6.45, 7) is 2.00. The summed E-state index contributed by atoms with van der Waals surface area (Å²) in [6, 6.07) is 5.12. The number of carbonyl (C=O) groups is 1. The molecule has 0 saturated carbocycles. The number of hydrogen-bond donors (Lipinski definition) is 1.